The topological polar surface area (TPSA) is 80.0 Å². The number of hydrogen-bond donors (Lipinski definition) is 2. The monoisotopic (exact) mass is 446 g/mol. The molecule has 1 saturated heterocycles. The molecule has 1 aliphatic heterocycles. The van der Waals surface area contributed by atoms with Crippen LogP contribution in [0.15, 0.2) is 29.3 Å². The number of anilines is 1. The van der Waals surface area contributed by atoms with Gasteiger partial charge in [0.15, 0.2) is 5.96 Å². The Hall–Kier alpha value is -1.35. The van der Waals surface area contributed by atoms with Gasteiger partial charge in [0.2, 0.25) is 5.91 Å². The number of benzene rings is 1. The van der Waals surface area contributed by atoms with E-state index in [4.69, 9.17) is 10.5 Å². The second-order valence-corrected chi connectivity index (χ2v) is 5.77. The van der Waals surface area contributed by atoms with Crippen LogP contribution in [0.2, 0.25) is 0 Å². The van der Waals surface area contributed by atoms with Gasteiger partial charge in [-0.05, 0) is 24.1 Å². The van der Waals surface area contributed by atoms with Crippen LogP contribution in [-0.2, 0) is 16.1 Å². The third-order valence-electron chi connectivity index (χ3n) is 4.01. The van der Waals surface area contributed by atoms with Crippen LogP contribution in [0.3, 0.4) is 0 Å². The molecule has 1 heterocycles. The van der Waals surface area contributed by atoms with Gasteiger partial charge in [-0.1, -0.05) is 26.0 Å². The van der Waals surface area contributed by atoms with Gasteiger partial charge >= 0.3 is 0 Å². The number of nitrogens with zero attached hydrogens (tertiary/aromatic N) is 2. The summed E-state index contributed by atoms with van der Waals surface area (Å²) >= 11 is 0. The van der Waals surface area contributed by atoms with E-state index in [0.29, 0.717) is 25.7 Å². The van der Waals surface area contributed by atoms with Crippen molar-refractivity contribution in [3.63, 3.8) is 0 Å². The summed E-state index contributed by atoms with van der Waals surface area (Å²) < 4.78 is 5.30. The Morgan fingerprint density at radius 1 is 1.42 bits per heavy atom. The summed E-state index contributed by atoms with van der Waals surface area (Å²) in [5.74, 6) is 0.594. The summed E-state index contributed by atoms with van der Waals surface area (Å²) in [7, 11) is 0. The van der Waals surface area contributed by atoms with Crippen LogP contribution >= 0.6 is 24.0 Å². The van der Waals surface area contributed by atoms with Gasteiger partial charge in [-0.3, -0.25) is 4.79 Å². The van der Waals surface area contributed by atoms with Gasteiger partial charge in [-0.15, -0.1) is 24.0 Å². The molecular weight excluding hydrogens is 419 g/mol. The predicted molar refractivity (Wildman–Crippen MR) is 108 cm³/mol. The van der Waals surface area contributed by atoms with E-state index < -0.39 is 0 Å². The summed E-state index contributed by atoms with van der Waals surface area (Å²) in [5, 5.41) is 2.94. The maximum absolute atomic E-state index is 12.0. The smallest absolute Gasteiger partial charge is 0.227 e. The Balaban J connectivity index is 0.00000288. The Labute approximate surface area is 160 Å². The first-order chi connectivity index (χ1) is 11.1. The Bertz CT molecular complexity index is 559. The number of carbonyl (C=O) groups excluding carboxylic acids is 1. The number of amides is 1. The zero-order chi connectivity index (χ0) is 16.7. The highest BCUT2D eigenvalue weighted by molar-refractivity contribution is 14.0. The molecule has 1 atom stereocenters. The van der Waals surface area contributed by atoms with Crippen molar-refractivity contribution in [2.45, 2.75) is 26.8 Å². The average Bonchev–Trinajstić information content (AvgIpc) is 2.60. The van der Waals surface area contributed by atoms with Crippen molar-refractivity contribution in [2.24, 2.45) is 16.6 Å². The highest BCUT2D eigenvalue weighted by Gasteiger charge is 2.12. The minimum Gasteiger partial charge on any atom is -0.378 e. The number of hydrogen-bond acceptors (Lipinski definition) is 3. The fourth-order valence-electron chi connectivity index (χ4n) is 2.26. The molecule has 1 amide bonds. The molecule has 1 fully saturated rings. The number of morpholine rings is 1. The van der Waals surface area contributed by atoms with Crippen molar-refractivity contribution in [3.05, 3.63) is 29.8 Å². The lowest BCUT2D eigenvalue weighted by molar-refractivity contribution is -0.119. The van der Waals surface area contributed by atoms with E-state index in [9.17, 15) is 4.79 Å². The molecule has 7 heteroatoms. The molecule has 1 aromatic rings. The lowest BCUT2D eigenvalue weighted by Crippen LogP contribution is -2.44. The third kappa shape index (κ3) is 6.27. The summed E-state index contributed by atoms with van der Waals surface area (Å²) in [6, 6.07) is 7.73. The fraction of sp³-hybridized carbons (Fsp3) is 0.529. The third-order valence-corrected chi connectivity index (χ3v) is 4.01. The first-order valence-corrected chi connectivity index (χ1v) is 8.12. The number of rotatable bonds is 5. The molecule has 3 N–H and O–H groups in total. The number of aliphatic imine (C=N–C) groups is 1. The highest BCUT2D eigenvalue weighted by atomic mass is 127. The normalized spacial score (nSPS) is 16.2. The molecule has 0 aliphatic carbocycles. The SMILES string of the molecule is CCC(C)C(=O)Nc1cccc(CN=C(N)N2CCOCC2)c1.I. The van der Waals surface area contributed by atoms with Crippen molar-refractivity contribution < 1.29 is 9.53 Å². The van der Waals surface area contributed by atoms with Gasteiger partial charge in [0.25, 0.3) is 0 Å². The highest BCUT2D eigenvalue weighted by Crippen LogP contribution is 2.14. The standard InChI is InChI=1S/C17H26N4O2.HI/c1-3-13(2)16(22)20-15-6-4-5-14(11-15)12-19-17(18)21-7-9-23-10-8-21;/h4-6,11,13H,3,7-10,12H2,1-2H3,(H2,18,19)(H,20,22);1H. The number of guanidine groups is 1. The van der Waals surface area contributed by atoms with Gasteiger partial charge in [-0.25, -0.2) is 4.99 Å². The van der Waals surface area contributed by atoms with Crippen molar-refractivity contribution in [1.82, 2.24) is 4.90 Å². The molecule has 0 bridgehead atoms. The molecule has 1 unspecified atom stereocenters. The number of ether oxygens (including phenoxy) is 1. The predicted octanol–water partition coefficient (Wildman–Crippen LogP) is 2.44. The molecule has 0 radical (unpaired) electrons. The Morgan fingerprint density at radius 3 is 2.79 bits per heavy atom. The minimum atomic E-state index is 0. The van der Waals surface area contributed by atoms with Crippen molar-refractivity contribution in [2.75, 3.05) is 31.6 Å². The van der Waals surface area contributed by atoms with Gasteiger partial charge in [-0.2, -0.15) is 0 Å². The van der Waals surface area contributed by atoms with Crippen LogP contribution < -0.4 is 11.1 Å². The molecular formula is C17H27IN4O2. The van der Waals surface area contributed by atoms with E-state index in [1.807, 2.05) is 43.0 Å². The second-order valence-electron chi connectivity index (χ2n) is 5.77. The van der Waals surface area contributed by atoms with Crippen molar-refractivity contribution in [3.8, 4) is 0 Å². The first-order valence-electron chi connectivity index (χ1n) is 8.12. The number of halogens is 1. The van der Waals surface area contributed by atoms with Crippen LogP contribution in [0, 0.1) is 5.92 Å². The number of carbonyl (C=O) groups is 1. The van der Waals surface area contributed by atoms with Crippen molar-refractivity contribution >= 4 is 41.5 Å². The maximum Gasteiger partial charge on any atom is 0.227 e. The van der Waals surface area contributed by atoms with Crippen LogP contribution in [-0.4, -0.2) is 43.1 Å². The summed E-state index contributed by atoms with van der Waals surface area (Å²) in [6.07, 6.45) is 0.825. The zero-order valence-electron chi connectivity index (χ0n) is 14.3. The molecule has 0 spiro atoms. The van der Waals surface area contributed by atoms with Crippen LogP contribution in [0.5, 0.6) is 0 Å². The molecule has 1 aliphatic rings. The van der Waals surface area contributed by atoms with Crippen LogP contribution in [0.4, 0.5) is 5.69 Å². The summed E-state index contributed by atoms with van der Waals surface area (Å²) in [5.41, 5.74) is 7.84. The van der Waals surface area contributed by atoms with Gasteiger partial charge in [0, 0.05) is 24.7 Å². The molecule has 1 aromatic carbocycles. The lowest BCUT2D eigenvalue weighted by atomic mass is 10.1. The average molecular weight is 446 g/mol. The largest absolute Gasteiger partial charge is 0.378 e. The molecule has 134 valence electrons. The van der Waals surface area contributed by atoms with E-state index in [-0.39, 0.29) is 35.8 Å². The van der Waals surface area contributed by atoms with Gasteiger partial charge in [0.05, 0.1) is 19.8 Å². The van der Waals surface area contributed by atoms with E-state index in [0.717, 1.165) is 30.8 Å². The van der Waals surface area contributed by atoms with E-state index >= 15 is 0 Å². The molecule has 0 aromatic heterocycles. The maximum atomic E-state index is 12.0. The zero-order valence-corrected chi connectivity index (χ0v) is 16.7. The van der Waals surface area contributed by atoms with E-state index in [1.54, 1.807) is 0 Å². The summed E-state index contributed by atoms with van der Waals surface area (Å²) in [4.78, 5) is 18.4. The van der Waals surface area contributed by atoms with Crippen molar-refractivity contribution in [1.29, 1.82) is 0 Å². The van der Waals surface area contributed by atoms with Crippen LogP contribution in [0.25, 0.3) is 0 Å². The quantitative estimate of drug-likeness (QED) is 0.414. The first kappa shape index (κ1) is 20.7. The Kier molecular flexibility index (Phi) is 9.05. The van der Waals surface area contributed by atoms with Gasteiger partial charge in [0.1, 0.15) is 0 Å². The number of nitrogens with two attached hydrogens (primary N) is 1. The molecule has 24 heavy (non-hydrogen) atoms. The fourth-order valence-corrected chi connectivity index (χ4v) is 2.26. The molecule has 6 nitrogen and oxygen atoms in total. The number of nitrogens with one attached hydrogen (secondary N) is 1. The van der Waals surface area contributed by atoms with E-state index in [2.05, 4.69) is 10.3 Å². The minimum absolute atomic E-state index is 0. The van der Waals surface area contributed by atoms with E-state index in [1.165, 1.54) is 0 Å². The van der Waals surface area contributed by atoms with Gasteiger partial charge < -0.3 is 20.7 Å². The molecule has 0 saturated carbocycles. The molecule has 2 rings (SSSR count). The van der Waals surface area contributed by atoms with Crippen LogP contribution in [0.1, 0.15) is 25.8 Å². The lowest BCUT2D eigenvalue weighted by Gasteiger charge is -2.27. The Morgan fingerprint density at radius 2 is 2.12 bits per heavy atom. The second kappa shape index (κ2) is 10.5. The summed E-state index contributed by atoms with van der Waals surface area (Å²) in [6.45, 7) is 7.36.